The lowest BCUT2D eigenvalue weighted by molar-refractivity contribution is -0.132. The third kappa shape index (κ3) is 3.23. The van der Waals surface area contributed by atoms with E-state index in [1.807, 2.05) is 19.1 Å². The molecule has 6 heteroatoms. The molecule has 0 radical (unpaired) electrons. The predicted octanol–water partition coefficient (Wildman–Crippen LogP) is 1.84. The molecule has 2 aliphatic rings. The second kappa shape index (κ2) is 6.93. The molecule has 1 N–H and O–H groups in total. The fourth-order valence-electron chi connectivity index (χ4n) is 3.28. The monoisotopic (exact) mass is 334 g/mol. The Balaban J connectivity index is 1.77. The van der Waals surface area contributed by atoms with Gasteiger partial charge in [-0.25, -0.2) is 0 Å². The first-order valence-electron chi connectivity index (χ1n) is 7.92. The second-order valence-corrected chi connectivity index (χ2v) is 7.04. The molecule has 0 bridgehead atoms. The molecule has 124 valence electrons. The van der Waals surface area contributed by atoms with Crippen LogP contribution in [0.25, 0.3) is 0 Å². The zero-order chi connectivity index (χ0) is 16.4. The minimum absolute atomic E-state index is 0.0345. The van der Waals surface area contributed by atoms with Gasteiger partial charge in [-0.15, -0.1) is 11.8 Å². The maximum absolute atomic E-state index is 12.9. The van der Waals surface area contributed by atoms with Crippen LogP contribution < -0.4 is 10.1 Å². The van der Waals surface area contributed by atoms with Gasteiger partial charge in [-0.3, -0.25) is 14.9 Å². The molecule has 5 nitrogen and oxygen atoms in total. The van der Waals surface area contributed by atoms with Gasteiger partial charge < -0.3 is 9.64 Å². The lowest BCUT2D eigenvalue weighted by Gasteiger charge is -2.26. The molecule has 1 amide bonds. The SMILES string of the molecule is COc1ccc(C(=O)C2CCCN2C(=O)C2CSCN2)cc1C. The van der Waals surface area contributed by atoms with Gasteiger partial charge >= 0.3 is 0 Å². The van der Waals surface area contributed by atoms with Crippen LogP contribution in [0, 0.1) is 6.92 Å². The standard InChI is InChI=1S/C17H22N2O3S/c1-11-8-12(5-6-15(11)22-2)16(20)14-4-3-7-19(14)17(21)13-9-23-10-18-13/h5-6,8,13-14,18H,3-4,7,9-10H2,1-2H3. The second-order valence-electron chi connectivity index (χ2n) is 6.01. The number of rotatable bonds is 4. The highest BCUT2D eigenvalue weighted by molar-refractivity contribution is 7.99. The fourth-order valence-corrected chi connectivity index (χ4v) is 4.21. The summed E-state index contributed by atoms with van der Waals surface area (Å²) in [7, 11) is 1.62. The molecule has 0 spiro atoms. The first kappa shape index (κ1) is 16.3. The molecule has 2 atom stereocenters. The van der Waals surface area contributed by atoms with Gasteiger partial charge in [-0.1, -0.05) is 0 Å². The van der Waals surface area contributed by atoms with Crippen LogP contribution in [0.3, 0.4) is 0 Å². The van der Waals surface area contributed by atoms with Crippen LogP contribution in [0.5, 0.6) is 5.75 Å². The van der Waals surface area contributed by atoms with Gasteiger partial charge in [-0.2, -0.15) is 0 Å². The fraction of sp³-hybridized carbons (Fsp3) is 0.529. The molecule has 2 aliphatic heterocycles. The van der Waals surface area contributed by atoms with Crippen molar-refractivity contribution in [1.82, 2.24) is 10.2 Å². The Hall–Kier alpha value is -1.53. The van der Waals surface area contributed by atoms with E-state index in [1.54, 1.807) is 29.8 Å². The molecule has 0 aliphatic carbocycles. The summed E-state index contributed by atoms with van der Waals surface area (Å²) in [6.45, 7) is 2.60. The summed E-state index contributed by atoms with van der Waals surface area (Å²) in [5.41, 5.74) is 1.59. The average Bonchev–Trinajstić information content (AvgIpc) is 3.24. The van der Waals surface area contributed by atoms with Crippen molar-refractivity contribution >= 4 is 23.5 Å². The molecule has 2 heterocycles. The Bertz CT molecular complexity index is 614. The Labute approximate surface area is 140 Å². The van der Waals surface area contributed by atoms with Crippen molar-refractivity contribution in [3.8, 4) is 5.75 Å². The number of methoxy groups -OCH3 is 1. The zero-order valence-corrected chi connectivity index (χ0v) is 14.3. The average molecular weight is 334 g/mol. The van der Waals surface area contributed by atoms with Crippen molar-refractivity contribution in [2.45, 2.75) is 31.8 Å². The zero-order valence-electron chi connectivity index (χ0n) is 13.5. The molecule has 2 unspecified atom stereocenters. The Morgan fingerprint density at radius 3 is 2.87 bits per heavy atom. The van der Waals surface area contributed by atoms with Crippen LogP contribution in [0.4, 0.5) is 0 Å². The van der Waals surface area contributed by atoms with Gasteiger partial charge in [0.25, 0.3) is 0 Å². The van der Waals surface area contributed by atoms with Crippen LogP contribution >= 0.6 is 11.8 Å². The largest absolute Gasteiger partial charge is 0.496 e. The molecule has 0 aromatic heterocycles. The number of nitrogens with one attached hydrogen (secondary N) is 1. The minimum atomic E-state index is -0.331. The summed E-state index contributed by atoms with van der Waals surface area (Å²) in [6, 6.07) is 4.98. The molecule has 23 heavy (non-hydrogen) atoms. The van der Waals surface area contributed by atoms with Crippen molar-refractivity contribution in [1.29, 1.82) is 0 Å². The summed E-state index contributed by atoms with van der Waals surface area (Å²) in [4.78, 5) is 27.3. The van der Waals surface area contributed by atoms with Crippen LogP contribution in [-0.2, 0) is 4.79 Å². The Morgan fingerprint density at radius 1 is 1.39 bits per heavy atom. The van der Waals surface area contributed by atoms with E-state index in [0.29, 0.717) is 12.1 Å². The molecule has 0 saturated carbocycles. The highest BCUT2D eigenvalue weighted by Gasteiger charge is 2.38. The van der Waals surface area contributed by atoms with E-state index in [2.05, 4.69) is 5.32 Å². The number of carbonyl (C=O) groups is 2. The number of ether oxygens (including phenoxy) is 1. The summed E-state index contributed by atoms with van der Waals surface area (Å²) in [5, 5.41) is 3.20. The third-order valence-corrected chi connectivity index (χ3v) is 5.47. The number of benzene rings is 1. The maximum Gasteiger partial charge on any atom is 0.241 e. The quantitative estimate of drug-likeness (QED) is 0.852. The van der Waals surface area contributed by atoms with E-state index in [0.717, 1.165) is 35.8 Å². The van der Waals surface area contributed by atoms with Gasteiger partial charge in [0.05, 0.1) is 19.2 Å². The van der Waals surface area contributed by atoms with Crippen molar-refractivity contribution in [2.24, 2.45) is 0 Å². The number of hydrogen-bond acceptors (Lipinski definition) is 5. The summed E-state index contributed by atoms with van der Waals surface area (Å²) in [5.74, 6) is 2.47. The predicted molar refractivity (Wildman–Crippen MR) is 91.0 cm³/mol. The molecule has 1 aromatic carbocycles. The smallest absolute Gasteiger partial charge is 0.241 e. The first-order chi connectivity index (χ1) is 11.1. The van der Waals surface area contributed by atoms with Gasteiger partial charge in [0, 0.05) is 23.7 Å². The molecule has 1 aromatic rings. The minimum Gasteiger partial charge on any atom is -0.496 e. The molecule has 3 rings (SSSR count). The van der Waals surface area contributed by atoms with E-state index >= 15 is 0 Å². The molecule has 2 saturated heterocycles. The highest BCUT2D eigenvalue weighted by atomic mass is 32.2. The van der Waals surface area contributed by atoms with Crippen molar-refractivity contribution in [3.63, 3.8) is 0 Å². The van der Waals surface area contributed by atoms with E-state index in [9.17, 15) is 9.59 Å². The van der Waals surface area contributed by atoms with E-state index in [-0.39, 0.29) is 23.8 Å². The normalized spacial score (nSPS) is 24.0. The lowest BCUT2D eigenvalue weighted by atomic mass is 10.00. The number of aryl methyl sites for hydroxylation is 1. The Kier molecular flexibility index (Phi) is 4.92. The number of nitrogens with zero attached hydrogens (tertiary/aromatic N) is 1. The van der Waals surface area contributed by atoms with Crippen LogP contribution in [-0.4, -0.2) is 54.0 Å². The Morgan fingerprint density at radius 2 is 2.22 bits per heavy atom. The van der Waals surface area contributed by atoms with Crippen molar-refractivity contribution in [2.75, 3.05) is 25.3 Å². The van der Waals surface area contributed by atoms with Gasteiger partial charge in [0.15, 0.2) is 5.78 Å². The number of carbonyl (C=O) groups excluding carboxylic acids is 2. The number of Topliss-reactive ketones (excluding diaryl/α,β-unsaturated/α-hetero) is 1. The maximum atomic E-state index is 12.9. The molecular formula is C17H22N2O3S. The number of amides is 1. The highest BCUT2D eigenvalue weighted by Crippen LogP contribution is 2.26. The van der Waals surface area contributed by atoms with E-state index in [1.165, 1.54) is 0 Å². The number of likely N-dealkylation sites (tertiary alicyclic amines) is 1. The summed E-state index contributed by atoms with van der Waals surface area (Å²) < 4.78 is 5.25. The van der Waals surface area contributed by atoms with Crippen LogP contribution in [0.2, 0.25) is 0 Å². The first-order valence-corrected chi connectivity index (χ1v) is 9.07. The van der Waals surface area contributed by atoms with Gasteiger partial charge in [0.2, 0.25) is 5.91 Å². The summed E-state index contributed by atoms with van der Waals surface area (Å²) in [6.07, 6.45) is 1.63. The summed E-state index contributed by atoms with van der Waals surface area (Å²) >= 11 is 1.72. The van der Waals surface area contributed by atoms with Gasteiger partial charge in [-0.05, 0) is 43.5 Å². The number of thioether (sulfide) groups is 1. The topological polar surface area (TPSA) is 58.6 Å². The van der Waals surface area contributed by atoms with Crippen molar-refractivity contribution < 1.29 is 14.3 Å². The molecule has 2 fully saturated rings. The number of hydrogen-bond donors (Lipinski definition) is 1. The number of ketones is 1. The van der Waals surface area contributed by atoms with E-state index < -0.39 is 0 Å². The lowest BCUT2D eigenvalue weighted by Crippen LogP contribution is -2.49. The molecular weight excluding hydrogens is 312 g/mol. The van der Waals surface area contributed by atoms with Crippen LogP contribution in [0.15, 0.2) is 18.2 Å². The van der Waals surface area contributed by atoms with Crippen LogP contribution in [0.1, 0.15) is 28.8 Å². The van der Waals surface area contributed by atoms with Crippen molar-refractivity contribution in [3.05, 3.63) is 29.3 Å². The van der Waals surface area contributed by atoms with Gasteiger partial charge in [0.1, 0.15) is 5.75 Å². The third-order valence-electron chi connectivity index (χ3n) is 4.53. The van der Waals surface area contributed by atoms with E-state index in [4.69, 9.17) is 4.74 Å².